The zero-order chi connectivity index (χ0) is 9.80. The summed E-state index contributed by atoms with van der Waals surface area (Å²) in [4.78, 5) is 4.30. The van der Waals surface area contributed by atoms with Crippen LogP contribution in [0.3, 0.4) is 0 Å². The second kappa shape index (κ2) is 4.87. The molecule has 3 N–H and O–H groups in total. The van der Waals surface area contributed by atoms with Crippen LogP contribution >= 0.6 is 11.3 Å². The lowest BCUT2D eigenvalue weighted by Crippen LogP contribution is -2.41. The summed E-state index contributed by atoms with van der Waals surface area (Å²) < 4.78 is 0. The molecule has 0 spiro atoms. The predicted molar refractivity (Wildman–Crippen MR) is 58.9 cm³/mol. The van der Waals surface area contributed by atoms with E-state index in [1.165, 1.54) is 30.7 Å². The molecule has 1 unspecified atom stereocenters. The highest BCUT2D eigenvalue weighted by Crippen LogP contribution is 2.29. The highest BCUT2D eigenvalue weighted by molar-refractivity contribution is 7.09. The maximum Gasteiger partial charge on any atom is 0.0940 e. The van der Waals surface area contributed by atoms with E-state index in [1.54, 1.807) is 11.3 Å². The first kappa shape index (κ1) is 10.1. The van der Waals surface area contributed by atoms with E-state index in [2.05, 4.69) is 10.4 Å². The van der Waals surface area contributed by atoms with E-state index in [4.69, 9.17) is 5.84 Å². The summed E-state index contributed by atoms with van der Waals surface area (Å²) in [5.74, 6) is 6.35. The molecule has 1 fully saturated rings. The van der Waals surface area contributed by atoms with E-state index in [9.17, 15) is 0 Å². The average molecular weight is 211 g/mol. The van der Waals surface area contributed by atoms with Gasteiger partial charge in [0, 0.05) is 24.0 Å². The van der Waals surface area contributed by atoms with Gasteiger partial charge in [0.25, 0.3) is 0 Å². The smallest absolute Gasteiger partial charge is 0.0940 e. The highest BCUT2D eigenvalue weighted by Gasteiger charge is 2.24. The maximum atomic E-state index is 5.60. The van der Waals surface area contributed by atoms with Gasteiger partial charge in [-0.25, -0.2) is 4.98 Å². The fourth-order valence-electron chi connectivity index (χ4n) is 2.26. The Balaban J connectivity index is 1.92. The fourth-order valence-corrected chi connectivity index (χ4v) is 2.94. The molecule has 3 nitrogen and oxygen atoms in total. The number of thiazole rings is 1. The van der Waals surface area contributed by atoms with E-state index in [0.717, 1.165) is 12.3 Å². The summed E-state index contributed by atoms with van der Waals surface area (Å²) >= 11 is 1.72. The van der Waals surface area contributed by atoms with Gasteiger partial charge in [0.05, 0.1) is 5.01 Å². The Kier molecular flexibility index (Phi) is 3.50. The Morgan fingerprint density at radius 1 is 1.57 bits per heavy atom. The molecule has 14 heavy (non-hydrogen) atoms. The number of nitrogens with two attached hydrogens (primary N) is 1. The number of rotatable bonds is 4. The molecule has 1 heterocycles. The summed E-state index contributed by atoms with van der Waals surface area (Å²) in [6.07, 6.45) is 8.21. The quantitative estimate of drug-likeness (QED) is 0.589. The van der Waals surface area contributed by atoms with Gasteiger partial charge in [-0.05, 0) is 18.8 Å². The van der Waals surface area contributed by atoms with Gasteiger partial charge in [0.15, 0.2) is 0 Å². The molecule has 1 saturated carbocycles. The lowest BCUT2D eigenvalue weighted by atomic mass is 9.96. The van der Waals surface area contributed by atoms with Gasteiger partial charge in [0.1, 0.15) is 0 Å². The van der Waals surface area contributed by atoms with Crippen LogP contribution in [0, 0.1) is 5.92 Å². The Labute approximate surface area is 88.7 Å². The highest BCUT2D eigenvalue weighted by atomic mass is 32.1. The molecule has 1 aromatic rings. The molecule has 0 saturated heterocycles. The lowest BCUT2D eigenvalue weighted by Gasteiger charge is -2.21. The van der Waals surface area contributed by atoms with Gasteiger partial charge in [-0.3, -0.25) is 11.3 Å². The lowest BCUT2D eigenvalue weighted by molar-refractivity contribution is 0.361. The molecule has 2 rings (SSSR count). The second-order valence-corrected chi connectivity index (χ2v) is 4.93. The minimum absolute atomic E-state index is 0.420. The molecule has 1 aliphatic rings. The molecule has 4 heteroatoms. The third kappa shape index (κ3) is 2.32. The zero-order valence-corrected chi connectivity index (χ0v) is 9.09. The van der Waals surface area contributed by atoms with E-state index in [0.29, 0.717) is 6.04 Å². The van der Waals surface area contributed by atoms with Crippen LogP contribution in [0.15, 0.2) is 11.6 Å². The van der Waals surface area contributed by atoms with Gasteiger partial charge >= 0.3 is 0 Å². The van der Waals surface area contributed by atoms with Crippen molar-refractivity contribution in [1.29, 1.82) is 0 Å². The van der Waals surface area contributed by atoms with Crippen LogP contribution in [-0.2, 0) is 6.42 Å². The fraction of sp³-hybridized carbons (Fsp3) is 0.700. The van der Waals surface area contributed by atoms with Crippen molar-refractivity contribution in [2.45, 2.75) is 38.1 Å². The number of hydrogen-bond acceptors (Lipinski definition) is 4. The molecular weight excluding hydrogens is 194 g/mol. The molecule has 0 bridgehead atoms. The summed E-state index contributed by atoms with van der Waals surface area (Å²) in [7, 11) is 0. The van der Waals surface area contributed by atoms with Crippen LogP contribution in [-0.4, -0.2) is 11.0 Å². The molecular formula is C10H17N3S. The number of aromatic nitrogens is 1. The van der Waals surface area contributed by atoms with Crippen molar-refractivity contribution < 1.29 is 0 Å². The molecule has 1 aromatic heterocycles. The van der Waals surface area contributed by atoms with Crippen LogP contribution < -0.4 is 11.3 Å². The monoisotopic (exact) mass is 211 g/mol. The molecule has 0 aliphatic heterocycles. The normalized spacial score (nSPS) is 20.1. The van der Waals surface area contributed by atoms with Crippen molar-refractivity contribution >= 4 is 11.3 Å². The van der Waals surface area contributed by atoms with Gasteiger partial charge in [-0.15, -0.1) is 11.3 Å². The van der Waals surface area contributed by atoms with E-state index in [1.807, 2.05) is 11.6 Å². The molecule has 78 valence electrons. The Morgan fingerprint density at radius 2 is 2.36 bits per heavy atom. The molecule has 0 amide bonds. The van der Waals surface area contributed by atoms with E-state index in [-0.39, 0.29) is 0 Å². The van der Waals surface area contributed by atoms with Gasteiger partial charge in [0.2, 0.25) is 0 Å². The van der Waals surface area contributed by atoms with Crippen molar-refractivity contribution in [2.75, 3.05) is 0 Å². The van der Waals surface area contributed by atoms with E-state index < -0.39 is 0 Å². The van der Waals surface area contributed by atoms with Crippen molar-refractivity contribution in [3.05, 3.63) is 16.6 Å². The molecule has 0 radical (unpaired) electrons. The zero-order valence-electron chi connectivity index (χ0n) is 8.28. The van der Waals surface area contributed by atoms with Gasteiger partial charge in [-0.1, -0.05) is 12.8 Å². The summed E-state index contributed by atoms with van der Waals surface area (Å²) in [5, 5.41) is 3.22. The minimum atomic E-state index is 0.420. The number of nitrogens with one attached hydrogen (secondary N) is 1. The SMILES string of the molecule is NNC(Cc1nccs1)C1CCCC1. The van der Waals surface area contributed by atoms with E-state index >= 15 is 0 Å². The Hall–Kier alpha value is -0.450. The topological polar surface area (TPSA) is 50.9 Å². The largest absolute Gasteiger partial charge is 0.271 e. The van der Waals surface area contributed by atoms with Crippen molar-refractivity contribution in [2.24, 2.45) is 11.8 Å². The summed E-state index contributed by atoms with van der Waals surface area (Å²) in [6, 6.07) is 0.420. The second-order valence-electron chi connectivity index (χ2n) is 3.95. The number of hydrogen-bond donors (Lipinski definition) is 2. The third-order valence-electron chi connectivity index (χ3n) is 3.06. The van der Waals surface area contributed by atoms with Gasteiger partial charge < -0.3 is 0 Å². The molecule has 1 atom stereocenters. The summed E-state index contributed by atoms with van der Waals surface area (Å²) in [6.45, 7) is 0. The predicted octanol–water partition coefficient (Wildman–Crippen LogP) is 1.71. The van der Waals surface area contributed by atoms with Crippen molar-refractivity contribution in [1.82, 2.24) is 10.4 Å². The first-order valence-electron chi connectivity index (χ1n) is 5.24. The minimum Gasteiger partial charge on any atom is -0.271 e. The number of hydrazine groups is 1. The molecule has 1 aliphatic carbocycles. The Bertz CT molecular complexity index is 254. The average Bonchev–Trinajstić information content (AvgIpc) is 2.86. The van der Waals surface area contributed by atoms with Crippen LogP contribution in [0.5, 0.6) is 0 Å². The van der Waals surface area contributed by atoms with Crippen molar-refractivity contribution in [3.8, 4) is 0 Å². The summed E-state index contributed by atoms with van der Waals surface area (Å²) in [5.41, 5.74) is 2.95. The maximum absolute atomic E-state index is 5.60. The Morgan fingerprint density at radius 3 is 2.93 bits per heavy atom. The van der Waals surface area contributed by atoms with Crippen molar-refractivity contribution in [3.63, 3.8) is 0 Å². The number of nitrogens with zero attached hydrogens (tertiary/aromatic N) is 1. The van der Waals surface area contributed by atoms with Crippen LogP contribution in [0.1, 0.15) is 30.7 Å². The van der Waals surface area contributed by atoms with Crippen LogP contribution in [0.2, 0.25) is 0 Å². The van der Waals surface area contributed by atoms with Crippen LogP contribution in [0.4, 0.5) is 0 Å². The molecule has 0 aromatic carbocycles. The standard InChI is InChI=1S/C10H17N3S/c11-13-9(8-3-1-2-4-8)7-10-12-5-6-14-10/h5-6,8-9,13H,1-4,7,11H2. The first-order valence-corrected chi connectivity index (χ1v) is 6.12. The first-order chi connectivity index (χ1) is 6.90. The van der Waals surface area contributed by atoms with Gasteiger partial charge in [-0.2, -0.15) is 0 Å². The third-order valence-corrected chi connectivity index (χ3v) is 3.86. The van der Waals surface area contributed by atoms with Crippen LogP contribution in [0.25, 0.3) is 0 Å².